The Hall–Kier alpha value is -3.29. The predicted molar refractivity (Wildman–Crippen MR) is 96.3 cm³/mol. The minimum atomic E-state index is -0.610. The normalized spacial score (nSPS) is 18.3. The van der Waals surface area contributed by atoms with Gasteiger partial charge >= 0.3 is 0 Å². The maximum absolute atomic E-state index is 13.2. The van der Waals surface area contributed by atoms with Crippen LogP contribution in [0.3, 0.4) is 0 Å². The van der Waals surface area contributed by atoms with Gasteiger partial charge in [0.15, 0.2) is 11.5 Å². The van der Waals surface area contributed by atoms with Crippen molar-refractivity contribution in [3.05, 3.63) is 54.3 Å². The molecule has 3 aromatic rings. The third kappa shape index (κ3) is 2.72. The fourth-order valence-electron chi connectivity index (χ4n) is 3.71. The summed E-state index contributed by atoms with van der Waals surface area (Å²) in [5.41, 5.74) is 0.0413. The number of piperazine rings is 1. The molecule has 1 aliphatic heterocycles. The number of carbonyl (C=O) groups is 2. The fraction of sp³-hybridized carbons (Fsp3) is 0.350. The number of hydrogen-bond acceptors (Lipinski definition) is 6. The van der Waals surface area contributed by atoms with E-state index in [1.165, 1.54) is 6.26 Å². The molecule has 0 aromatic carbocycles. The number of carbonyl (C=O) groups excluding carboxylic acids is 2. The van der Waals surface area contributed by atoms with Crippen molar-refractivity contribution in [1.29, 1.82) is 0 Å². The van der Waals surface area contributed by atoms with Crippen molar-refractivity contribution in [3.63, 3.8) is 0 Å². The molecule has 1 saturated heterocycles. The molecule has 2 aliphatic rings. The van der Waals surface area contributed by atoms with Crippen LogP contribution in [0.25, 0.3) is 11.5 Å². The van der Waals surface area contributed by atoms with E-state index in [0.29, 0.717) is 49.2 Å². The molecule has 8 heteroatoms. The highest BCUT2D eigenvalue weighted by atomic mass is 16.5. The van der Waals surface area contributed by atoms with E-state index in [4.69, 9.17) is 13.4 Å². The Morgan fingerprint density at radius 3 is 2.29 bits per heavy atom. The van der Waals surface area contributed by atoms with Crippen molar-refractivity contribution in [3.8, 4) is 11.5 Å². The van der Waals surface area contributed by atoms with Gasteiger partial charge in [-0.05, 0) is 37.1 Å². The third-order valence-electron chi connectivity index (χ3n) is 5.51. The Labute approximate surface area is 160 Å². The lowest BCUT2D eigenvalue weighted by atomic mass is 9.99. The molecule has 8 nitrogen and oxygen atoms in total. The summed E-state index contributed by atoms with van der Waals surface area (Å²) in [6, 6.07) is 8.71. The molecule has 144 valence electrons. The summed E-state index contributed by atoms with van der Waals surface area (Å²) in [5, 5.41) is 4.14. The maximum atomic E-state index is 13.2. The van der Waals surface area contributed by atoms with Gasteiger partial charge in [0.05, 0.1) is 23.6 Å². The predicted octanol–water partition coefficient (Wildman–Crippen LogP) is 2.54. The van der Waals surface area contributed by atoms with Crippen LogP contribution in [0.15, 0.2) is 56.2 Å². The van der Waals surface area contributed by atoms with E-state index in [1.54, 1.807) is 41.5 Å². The minimum absolute atomic E-state index is 0.0527. The third-order valence-corrected chi connectivity index (χ3v) is 5.51. The first-order valence-corrected chi connectivity index (χ1v) is 9.31. The molecule has 3 aromatic heterocycles. The van der Waals surface area contributed by atoms with Gasteiger partial charge in [-0.2, -0.15) is 0 Å². The zero-order chi connectivity index (χ0) is 19.1. The van der Waals surface area contributed by atoms with Gasteiger partial charge in [0.2, 0.25) is 11.7 Å². The van der Waals surface area contributed by atoms with Crippen LogP contribution >= 0.6 is 0 Å². The Bertz CT molecular complexity index is 977. The van der Waals surface area contributed by atoms with Gasteiger partial charge in [-0.3, -0.25) is 9.59 Å². The van der Waals surface area contributed by atoms with E-state index in [9.17, 15) is 9.59 Å². The van der Waals surface area contributed by atoms with Gasteiger partial charge < -0.3 is 23.2 Å². The van der Waals surface area contributed by atoms with E-state index in [0.717, 1.165) is 12.8 Å². The molecule has 2 amide bonds. The minimum Gasteiger partial charge on any atom is -0.461 e. The molecule has 0 N–H and O–H groups in total. The summed E-state index contributed by atoms with van der Waals surface area (Å²) < 4.78 is 15.9. The Morgan fingerprint density at radius 2 is 1.64 bits per heavy atom. The summed E-state index contributed by atoms with van der Waals surface area (Å²) in [4.78, 5) is 29.1. The fourth-order valence-corrected chi connectivity index (χ4v) is 3.71. The zero-order valence-electron chi connectivity index (χ0n) is 15.2. The average Bonchev–Trinajstić information content (AvgIpc) is 3.20. The second kappa shape index (κ2) is 6.40. The first-order valence-electron chi connectivity index (χ1n) is 9.31. The number of furan rings is 2. The Balaban J connectivity index is 1.26. The highest BCUT2D eigenvalue weighted by molar-refractivity contribution is 5.93. The standard InChI is InChI=1S/C20H19N3O5/c24-18(15-4-2-12-27-15)22-7-9-23(10-8-22)19(25)20(5-6-20)17-13-16(28-21-17)14-3-1-11-26-14/h1-4,11-13H,5-10H2. The molecule has 0 bridgehead atoms. The van der Waals surface area contributed by atoms with Crippen LogP contribution < -0.4 is 0 Å². The van der Waals surface area contributed by atoms with Gasteiger partial charge in [0.1, 0.15) is 0 Å². The quantitative estimate of drug-likeness (QED) is 0.690. The SMILES string of the molecule is O=C(c1ccco1)N1CCN(C(=O)C2(c3cc(-c4ccco4)on3)CC2)CC1. The molecule has 0 spiro atoms. The first kappa shape index (κ1) is 16.9. The number of nitrogens with zero attached hydrogens (tertiary/aromatic N) is 3. The topological polar surface area (TPSA) is 92.9 Å². The molecule has 5 rings (SSSR count). The van der Waals surface area contributed by atoms with Crippen LogP contribution in [-0.2, 0) is 10.2 Å². The summed E-state index contributed by atoms with van der Waals surface area (Å²) in [6.07, 6.45) is 4.56. The van der Waals surface area contributed by atoms with Crippen LogP contribution in [0.2, 0.25) is 0 Å². The van der Waals surface area contributed by atoms with Crippen LogP contribution in [0.1, 0.15) is 29.1 Å². The van der Waals surface area contributed by atoms with Crippen LogP contribution in [0.4, 0.5) is 0 Å². The Kier molecular flexibility index (Phi) is 3.85. The lowest BCUT2D eigenvalue weighted by molar-refractivity contribution is -0.135. The van der Waals surface area contributed by atoms with Crippen molar-refractivity contribution in [2.75, 3.05) is 26.2 Å². The molecule has 1 saturated carbocycles. The summed E-state index contributed by atoms with van der Waals surface area (Å²) in [6.45, 7) is 1.96. The van der Waals surface area contributed by atoms with Gasteiger partial charge in [-0.25, -0.2) is 0 Å². The molecule has 2 fully saturated rings. The Morgan fingerprint density at radius 1 is 0.929 bits per heavy atom. The molecule has 0 unspecified atom stereocenters. The van der Waals surface area contributed by atoms with Crippen molar-refractivity contribution in [1.82, 2.24) is 15.0 Å². The number of amides is 2. The number of hydrogen-bond donors (Lipinski definition) is 0. The van der Waals surface area contributed by atoms with Crippen LogP contribution in [-0.4, -0.2) is 52.9 Å². The average molecular weight is 381 g/mol. The van der Waals surface area contributed by atoms with E-state index in [1.807, 2.05) is 4.90 Å². The molecule has 0 atom stereocenters. The molecular formula is C20H19N3O5. The van der Waals surface area contributed by atoms with Gasteiger partial charge in [0, 0.05) is 32.2 Å². The summed E-state index contributed by atoms with van der Waals surface area (Å²) in [7, 11) is 0. The van der Waals surface area contributed by atoms with Gasteiger partial charge in [0.25, 0.3) is 5.91 Å². The second-order valence-corrected chi connectivity index (χ2v) is 7.20. The maximum Gasteiger partial charge on any atom is 0.289 e. The van der Waals surface area contributed by atoms with Crippen molar-refractivity contribution in [2.24, 2.45) is 0 Å². The van der Waals surface area contributed by atoms with Crippen molar-refractivity contribution >= 4 is 11.8 Å². The van der Waals surface area contributed by atoms with E-state index in [-0.39, 0.29) is 11.8 Å². The molecule has 1 aliphatic carbocycles. The highest BCUT2D eigenvalue weighted by Crippen LogP contribution is 2.50. The lowest BCUT2D eigenvalue weighted by Gasteiger charge is -2.36. The second-order valence-electron chi connectivity index (χ2n) is 7.20. The van der Waals surface area contributed by atoms with E-state index >= 15 is 0 Å². The summed E-state index contributed by atoms with van der Waals surface area (Å²) >= 11 is 0. The smallest absolute Gasteiger partial charge is 0.289 e. The lowest BCUT2D eigenvalue weighted by Crippen LogP contribution is -2.53. The van der Waals surface area contributed by atoms with Gasteiger partial charge in [-0.1, -0.05) is 5.16 Å². The van der Waals surface area contributed by atoms with Crippen LogP contribution in [0.5, 0.6) is 0 Å². The molecular weight excluding hydrogens is 362 g/mol. The molecule has 28 heavy (non-hydrogen) atoms. The van der Waals surface area contributed by atoms with Crippen molar-refractivity contribution in [2.45, 2.75) is 18.3 Å². The summed E-state index contributed by atoms with van der Waals surface area (Å²) in [5.74, 6) is 1.35. The van der Waals surface area contributed by atoms with Gasteiger partial charge in [-0.15, -0.1) is 0 Å². The number of rotatable bonds is 4. The highest BCUT2D eigenvalue weighted by Gasteiger charge is 2.55. The monoisotopic (exact) mass is 381 g/mol. The van der Waals surface area contributed by atoms with E-state index < -0.39 is 5.41 Å². The molecule has 0 radical (unpaired) electrons. The zero-order valence-corrected chi connectivity index (χ0v) is 15.2. The largest absolute Gasteiger partial charge is 0.461 e. The van der Waals surface area contributed by atoms with E-state index in [2.05, 4.69) is 5.16 Å². The van der Waals surface area contributed by atoms with Crippen LogP contribution in [0, 0.1) is 0 Å². The van der Waals surface area contributed by atoms with Crippen molar-refractivity contribution < 1.29 is 22.9 Å². The first-order chi connectivity index (χ1) is 13.7. The molecule has 4 heterocycles. The number of aromatic nitrogens is 1.